The van der Waals surface area contributed by atoms with Gasteiger partial charge in [-0.15, -0.1) is 0 Å². The van der Waals surface area contributed by atoms with Crippen molar-refractivity contribution in [1.82, 2.24) is 15.4 Å². The zero-order valence-corrected chi connectivity index (χ0v) is 11.2. The molecule has 0 fully saturated rings. The van der Waals surface area contributed by atoms with Crippen LogP contribution in [0.15, 0.2) is 0 Å². The van der Waals surface area contributed by atoms with Crippen LogP contribution in [-0.4, -0.2) is 51.4 Å². The molecule has 8 nitrogen and oxygen atoms in total. The number of aliphatic carboxylic acids is 1. The van der Waals surface area contributed by atoms with E-state index in [9.17, 15) is 18.0 Å². The summed E-state index contributed by atoms with van der Waals surface area (Å²) in [5, 5.41) is 13.3. The minimum absolute atomic E-state index is 0.0116. The fraction of sp³-hybridized carbons (Fsp3) is 0.778. The van der Waals surface area contributed by atoms with E-state index in [-0.39, 0.29) is 31.2 Å². The van der Waals surface area contributed by atoms with Gasteiger partial charge < -0.3 is 15.7 Å². The molecule has 9 heteroatoms. The standard InChI is InChI=1S/C9H19N3O5S/c1-7(5-8(13)14)6-12-9(15)11-3-4-18(16,17)10-2/h7,10H,3-6H2,1-2H3,(H,13,14)(H2,11,12,15). The fourth-order valence-electron chi connectivity index (χ4n) is 1.10. The fourth-order valence-corrected chi connectivity index (χ4v) is 1.68. The molecule has 2 amide bonds. The number of rotatable bonds is 8. The Morgan fingerprint density at radius 2 is 1.89 bits per heavy atom. The Hall–Kier alpha value is -1.35. The quantitative estimate of drug-likeness (QED) is 0.451. The van der Waals surface area contributed by atoms with Crippen molar-refractivity contribution in [1.29, 1.82) is 0 Å². The minimum atomic E-state index is -3.33. The van der Waals surface area contributed by atoms with Crippen molar-refractivity contribution in [2.45, 2.75) is 13.3 Å². The van der Waals surface area contributed by atoms with Crippen LogP contribution in [0.5, 0.6) is 0 Å². The van der Waals surface area contributed by atoms with Crippen LogP contribution in [0.4, 0.5) is 4.79 Å². The number of sulfonamides is 1. The zero-order valence-electron chi connectivity index (χ0n) is 10.4. The summed E-state index contributed by atoms with van der Waals surface area (Å²) in [6, 6.07) is -0.515. The number of carbonyl (C=O) groups excluding carboxylic acids is 1. The number of urea groups is 1. The average molecular weight is 281 g/mol. The summed E-state index contributed by atoms with van der Waals surface area (Å²) < 4.78 is 24.2. The molecule has 0 heterocycles. The number of nitrogens with one attached hydrogen (secondary N) is 3. The summed E-state index contributed by atoms with van der Waals surface area (Å²) in [6.45, 7) is 1.90. The Bertz CT molecular complexity index is 382. The van der Waals surface area contributed by atoms with Gasteiger partial charge in [-0.05, 0) is 13.0 Å². The molecule has 0 saturated heterocycles. The highest BCUT2D eigenvalue weighted by Gasteiger charge is 2.10. The van der Waals surface area contributed by atoms with Gasteiger partial charge in [0.05, 0.1) is 5.75 Å². The lowest BCUT2D eigenvalue weighted by molar-refractivity contribution is -0.137. The predicted octanol–water partition coefficient (Wildman–Crippen LogP) is -1.05. The van der Waals surface area contributed by atoms with Gasteiger partial charge in [-0.3, -0.25) is 4.79 Å². The number of carboxylic acids is 1. The van der Waals surface area contributed by atoms with Crippen LogP contribution >= 0.6 is 0 Å². The van der Waals surface area contributed by atoms with E-state index in [2.05, 4.69) is 15.4 Å². The summed E-state index contributed by atoms with van der Waals surface area (Å²) in [7, 11) is -2.04. The van der Waals surface area contributed by atoms with Gasteiger partial charge in [0.2, 0.25) is 10.0 Å². The van der Waals surface area contributed by atoms with Crippen molar-refractivity contribution < 1.29 is 23.1 Å². The van der Waals surface area contributed by atoms with Crippen LogP contribution in [0.1, 0.15) is 13.3 Å². The number of carbonyl (C=O) groups is 2. The van der Waals surface area contributed by atoms with Gasteiger partial charge in [-0.25, -0.2) is 17.9 Å². The highest BCUT2D eigenvalue weighted by Crippen LogP contribution is 1.98. The van der Waals surface area contributed by atoms with E-state index >= 15 is 0 Å². The van der Waals surface area contributed by atoms with E-state index in [4.69, 9.17) is 5.11 Å². The summed E-state index contributed by atoms with van der Waals surface area (Å²) in [5.74, 6) is -1.32. The SMILES string of the molecule is CNS(=O)(=O)CCNC(=O)NCC(C)CC(=O)O. The van der Waals surface area contributed by atoms with E-state index in [0.717, 1.165) is 0 Å². The molecule has 0 rings (SSSR count). The summed E-state index contributed by atoms with van der Waals surface area (Å²) in [5.41, 5.74) is 0. The van der Waals surface area contributed by atoms with E-state index in [1.807, 2.05) is 0 Å². The van der Waals surface area contributed by atoms with E-state index in [1.54, 1.807) is 6.92 Å². The molecule has 0 radical (unpaired) electrons. The van der Waals surface area contributed by atoms with Crippen LogP contribution in [-0.2, 0) is 14.8 Å². The van der Waals surface area contributed by atoms with E-state index in [1.165, 1.54) is 7.05 Å². The molecule has 18 heavy (non-hydrogen) atoms. The number of hydrogen-bond donors (Lipinski definition) is 4. The molecule has 1 unspecified atom stereocenters. The second kappa shape index (κ2) is 7.88. The van der Waals surface area contributed by atoms with Gasteiger partial charge in [0.15, 0.2) is 0 Å². The molecule has 0 saturated carbocycles. The third kappa shape index (κ3) is 8.76. The van der Waals surface area contributed by atoms with Crippen LogP contribution in [0.3, 0.4) is 0 Å². The Morgan fingerprint density at radius 3 is 2.39 bits per heavy atom. The first-order valence-corrected chi connectivity index (χ1v) is 7.06. The minimum Gasteiger partial charge on any atom is -0.481 e. The normalized spacial score (nSPS) is 12.8. The van der Waals surface area contributed by atoms with Gasteiger partial charge in [-0.2, -0.15) is 0 Å². The van der Waals surface area contributed by atoms with Gasteiger partial charge in [0.1, 0.15) is 0 Å². The van der Waals surface area contributed by atoms with Crippen molar-refractivity contribution in [2.75, 3.05) is 25.9 Å². The topological polar surface area (TPSA) is 125 Å². The first-order chi connectivity index (χ1) is 8.26. The first-order valence-electron chi connectivity index (χ1n) is 5.41. The lowest BCUT2D eigenvalue weighted by Gasteiger charge is -2.11. The maximum Gasteiger partial charge on any atom is 0.314 e. The summed E-state index contributed by atoms with van der Waals surface area (Å²) >= 11 is 0. The van der Waals surface area contributed by atoms with Crippen molar-refractivity contribution in [3.8, 4) is 0 Å². The zero-order chi connectivity index (χ0) is 14.2. The van der Waals surface area contributed by atoms with Gasteiger partial charge in [-0.1, -0.05) is 6.92 Å². The Balaban J connectivity index is 3.76. The van der Waals surface area contributed by atoms with Crippen LogP contribution in [0, 0.1) is 5.92 Å². The van der Waals surface area contributed by atoms with Crippen molar-refractivity contribution in [3.05, 3.63) is 0 Å². The third-order valence-electron chi connectivity index (χ3n) is 2.10. The smallest absolute Gasteiger partial charge is 0.314 e. The lowest BCUT2D eigenvalue weighted by atomic mass is 10.1. The molecule has 0 bridgehead atoms. The molecule has 0 spiro atoms. The van der Waals surface area contributed by atoms with Gasteiger partial charge in [0.25, 0.3) is 0 Å². The average Bonchev–Trinajstić information content (AvgIpc) is 2.25. The molecule has 0 aliphatic heterocycles. The second-order valence-corrected chi connectivity index (χ2v) is 5.91. The molecule has 0 aromatic carbocycles. The number of carboxylic acid groups (broad SMARTS) is 1. The van der Waals surface area contributed by atoms with Crippen molar-refractivity contribution >= 4 is 22.0 Å². The molecule has 0 aliphatic carbocycles. The maximum absolute atomic E-state index is 11.2. The van der Waals surface area contributed by atoms with E-state index in [0.29, 0.717) is 0 Å². The van der Waals surface area contributed by atoms with Crippen LogP contribution in [0.25, 0.3) is 0 Å². The van der Waals surface area contributed by atoms with Gasteiger partial charge in [0, 0.05) is 19.5 Å². The lowest BCUT2D eigenvalue weighted by Crippen LogP contribution is -2.41. The van der Waals surface area contributed by atoms with Crippen LogP contribution < -0.4 is 15.4 Å². The highest BCUT2D eigenvalue weighted by atomic mass is 32.2. The molecule has 1 atom stereocenters. The largest absolute Gasteiger partial charge is 0.481 e. The Morgan fingerprint density at radius 1 is 1.28 bits per heavy atom. The molecule has 0 aromatic heterocycles. The van der Waals surface area contributed by atoms with E-state index < -0.39 is 22.0 Å². The monoisotopic (exact) mass is 281 g/mol. The second-order valence-electron chi connectivity index (χ2n) is 3.86. The predicted molar refractivity (Wildman–Crippen MR) is 65.7 cm³/mol. The summed E-state index contributed by atoms with van der Waals surface area (Å²) in [4.78, 5) is 21.6. The van der Waals surface area contributed by atoms with Gasteiger partial charge >= 0.3 is 12.0 Å². The molecular weight excluding hydrogens is 262 g/mol. The first kappa shape index (κ1) is 16.6. The maximum atomic E-state index is 11.2. The molecule has 106 valence electrons. The Labute approximate surface area is 106 Å². The van der Waals surface area contributed by atoms with Crippen LogP contribution in [0.2, 0.25) is 0 Å². The van der Waals surface area contributed by atoms with Crippen molar-refractivity contribution in [2.24, 2.45) is 5.92 Å². The van der Waals surface area contributed by atoms with Crippen molar-refractivity contribution in [3.63, 3.8) is 0 Å². The third-order valence-corrected chi connectivity index (χ3v) is 3.47. The molecule has 0 aromatic rings. The molecular formula is C9H19N3O5S. The molecule has 0 aliphatic rings. The summed E-state index contributed by atoms with van der Waals surface area (Å²) in [6.07, 6.45) is -0.0333. The molecule has 4 N–H and O–H groups in total. The highest BCUT2D eigenvalue weighted by molar-refractivity contribution is 7.89. The number of amides is 2. The number of hydrogen-bond acceptors (Lipinski definition) is 4. The Kier molecular flexibility index (Phi) is 7.29.